The molecule has 72 valence electrons. The van der Waals surface area contributed by atoms with Crippen molar-refractivity contribution in [3.8, 4) is 0 Å². The Labute approximate surface area is 82.9 Å². The van der Waals surface area contributed by atoms with E-state index in [2.05, 4.69) is 17.6 Å². The van der Waals surface area contributed by atoms with Crippen molar-refractivity contribution in [1.82, 2.24) is 0 Å². The molecule has 0 heterocycles. The summed E-state index contributed by atoms with van der Waals surface area (Å²) in [7, 11) is 1.73. The molecule has 0 fully saturated rings. The van der Waals surface area contributed by atoms with Gasteiger partial charge in [-0.3, -0.25) is 4.79 Å². The van der Waals surface area contributed by atoms with Crippen molar-refractivity contribution < 1.29 is 0 Å². The smallest absolute Gasteiger partial charge is 0.223 e. The van der Waals surface area contributed by atoms with E-state index in [1.165, 1.54) is 0 Å². The van der Waals surface area contributed by atoms with Crippen LogP contribution in [0.25, 0.3) is 0 Å². The second-order valence-electron chi connectivity index (χ2n) is 2.94. The third kappa shape index (κ3) is 1.88. The van der Waals surface area contributed by atoms with Crippen LogP contribution in [-0.2, 0) is 0 Å². The van der Waals surface area contributed by atoms with Gasteiger partial charge in [0.15, 0.2) is 0 Å². The lowest BCUT2D eigenvalue weighted by atomic mass is 10.2. The second kappa shape index (κ2) is 4.37. The molecule has 1 aromatic carbocycles. The highest BCUT2D eigenvalue weighted by molar-refractivity contribution is 7.71. The van der Waals surface area contributed by atoms with Crippen LogP contribution in [0.5, 0.6) is 0 Å². The average molecular weight is 198 g/mol. The lowest BCUT2D eigenvalue weighted by Crippen LogP contribution is -2.20. The molecule has 0 aromatic heterocycles. The first-order valence-corrected chi connectivity index (χ1v) is 4.88. The van der Waals surface area contributed by atoms with Crippen LogP contribution in [0.1, 0.15) is 19.8 Å². The average Bonchev–Trinajstić information content (AvgIpc) is 2.16. The third-order valence-electron chi connectivity index (χ3n) is 1.99. The Kier molecular flexibility index (Phi) is 3.42. The van der Waals surface area contributed by atoms with Crippen LogP contribution >= 0.6 is 12.2 Å². The molecule has 1 rings (SSSR count). The van der Waals surface area contributed by atoms with Crippen LogP contribution < -0.4 is 16.1 Å². The van der Waals surface area contributed by atoms with Crippen LogP contribution in [0, 0.1) is 4.51 Å². The summed E-state index contributed by atoms with van der Waals surface area (Å²) in [5.41, 5.74) is 1.40. The fraction of sp³-hybridized carbons (Fsp3) is 0.556. The molecule has 0 spiro atoms. The van der Waals surface area contributed by atoms with Gasteiger partial charge in [-0.05, 0) is 6.42 Å². The maximum absolute atomic E-state index is 11.1. The van der Waals surface area contributed by atoms with E-state index < -0.39 is 0 Å². The van der Waals surface area contributed by atoms with E-state index in [0.717, 1.165) is 25.1 Å². The van der Waals surface area contributed by atoms with Crippen LogP contribution in [0.3, 0.4) is 0 Å². The van der Waals surface area contributed by atoms with Crippen molar-refractivity contribution in [2.24, 2.45) is 0 Å². The first-order valence-electron chi connectivity index (χ1n) is 4.47. The molecule has 0 saturated carbocycles. The summed E-state index contributed by atoms with van der Waals surface area (Å²) in [4.78, 5) is 11.1. The summed E-state index contributed by atoms with van der Waals surface area (Å²) in [6, 6.07) is 0. The summed E-state index contributed by atoms with van der Waals surface area (Å²) < 4.78 is 0.431. The Morgan fingerprint density at radius 1 is 1.38 bits per heavy atom. The monoisotopic (exact) mass is 198 g/mol. The third-order valence-corrected chi connectivity index (χ3v) is 2.38. The second-order valence-corrected chi connectivity index (χ2v) is 3.35. The lowest BCUT2D eigenvalue weighted by Gasteiger charge is -2.13. The van der Waals surface area contributed by atoms with E-state index in [1.807, 2.05) is 0 Å². The van der Waals surface area contributed by atoms with Crippen molar-refractivity contribution in [3.05, 3.63) is 14.7 Å². The van der Waals surface area contributed by atoms with E-state index in [0.29, 0.717) is 10.2 Å². The van der Waals surface area contributed by atoms with Gasteiger partial charge in [0.25, 0.3) is 0 Å². The lowest BCUT2D eigenvalue weighted by molar-refractivity contribution is 0.833. The molecular weight excluding hydrogens is 184 g/mol. The summed E-state index contributed by atoms with van der Waals surface area (Å²) >= 11 is 4.91. The number of rotatable bonds is 5. The molecule has 13 heavy (non-hydrogen) atoms. The number of unbranched alkanes of at least 4 members (excludes halogenated alkanes) is 1. The zero-order valence-electron chi connectivity index (χ0n) is 7.94. The van der Waals surface area contributed by atoms with Crippen LogP contribution in [-0.4, -0.2) is 13.6 Å². The van der Waals surface area contributed by atoms with Gasteiger partial charge < -0.3 is 10.6 Å². The van der Waals surface area contributed by atoms with Gasteiger partial charge in [-0.25, -0.2) is 0 Å². The van der Waals surface area contributed by atoms with Crippen molar-refractivity contribution in [2.75, 3.05) is 24.2 Å². The molecule has 0 saturated heterocycles. The minimum absolute atomic E-state index is 0.0449. The van der Waals surface area contributed by atoms with E-state index in [9.17, 15) is 4.79 Å². The zero-order chi connectivity index (χ0) is 9.84. The van der Waals surface area contributed by atoms with Crippen molar-refractivity contribution in [2.45, 2.75) is 19.8 Å². The Balaban J connectivity index is 2.62. The molecule has 0 aliphatic heterocycles. The van der Waals surface area contributed by atoms with Crippen LogP contribution in [0.4, 0.5) is 11.4 Å². The molecule has 0 unspecified atom stereocenters. The van der Waals surface area contributed by atoms with Crippen molar-refractivity contribution >= 4 is 23.6 Å². The van der Waals surface area contributed by atoms with Gasteiger partial charge in [0.05, 0.1) is 5.69 Å². The van der Waals surface area contributed by atoms with E-state index in [4.69, 9.17) is 12.2 Å². The SMILES string of the molecule is CCCCNc1c(NC)c(=O)c1=S. The Morgan fingerprint density at radius 3 is 2.62 bits per heavy atom. The highest BCUT2D eigenvalue weighted by Crippen LogP contribution is 2.21. The maximum atomic E-state index is 11.1. The van der Waals surface area contributed by atoms with Crippen LogP contribution in [0.15, 0.2) is 4.79 Å². The normalized spacial score (nSPS) is 10.3. The van der Waals surface area contributed by atoms with E-state index in [1.54, 1.807) is 7.05 Å². The molecule has 0 aliphatic rings. The predicted octanol–water partition coefficient (Wildman–Crippen LogP) is 1.91. The molecule has 0 bridgehead atoms. The zero-order valence-corrected chi connectivity index (χ0v) is 8.75. The summed E-state index contributed by atoms with van der Waals surface area (Å²) in [6.07, 6.45) is 2.23. The summed E-state index contributed by atoms with van der Waals surface area (Å²) in [5, 5.41) is 5.99. The van der Waals surface area contributed by atoms with E-state index >= 15 is 0 Å². The summed E-state index contributed by atoms with van der Waals surface area (Å²) in [6.45, 7) is 3.00. The van der Waals surface area contributed by atoms with Crippen molar-refractivity contribution in [1.29, 1.82) is 0 Å². The first kappa shape index (κ1) is 10.2. The predicted molar refractivity (Wildman–Crippen MR) is 58.9 cm³/mol. The van der Waals surface area contributed by atoms with E-state index in [-0.39, 0.29) is 5.43 Å². The van der Waals surface area contributed by atoms with Gasteiger partial charge in [-0.1, -0.05) is 25.6 Å². The first-order chi connectivity index (χ1) is 6.22. The molecule has 0 radical (unpaired) electrons. The molecule has 2 N–H and O–H groups in total. The molecule has 1 aromatic rings. The topological polar surface area (TPSA) is 41.1 Å². The Hall–Kier alpha value is -0.900. The molecular formula is C9H14N2OS. The standard InChI is InChI=1S/C9H14N2OS/c1-3-4-5-11-7-6(10-2)8(12)9(7)13/h10-11H,3-5H2,1-2H3. The minimum Gasteiger partial charge on any atom is -0.383 e. The summed E-state index contributed by atoms with van der Waals surface area (Å²) in [5.74, 6) is 0. The van der Waals surface area contributed by atoms with Crippen molar-refractivity contribution in [3.63, 3.8) is 0 Å². The molecule has 0 atom stereocenters. The van der Waals surface area contributed by atoms with Gasteiger partial charge in [-0.15, -0.1) is 0 Å². The Morgan fingerprint density at radius 2 is 2.08 bits per heavy atom. The number of nitrogens with one attached hydrogen (secondary N) is 2. The molecule has 0 amide bonds. The molecule has 4 heteroatoms. The fourth-order valence-corrected chi connectivity index (χ4v) is 1.47. The largest absolute Gasteiger partial charge is 0.383 e. The molecule has 3 nitrogen and oxygen atoms in total. The van der Waals surface area contributed by atoms with Crippen LogP contribution in [0.2, 0.25) is 0 Å². The fourth-order valence-electron chi connectivity index (χ4n) is 1.19. The van der Waals surface area contributed by atoms with Gasteiger partial charge in [0.1, 0.15) is 10.2 Å². The number of anilines is 2. The maximum Gasteiger partial charge on any atom is 0.223 e. The number of hydrogen-bond donors (Lipinski definition) is 2. The quantitative estimate of drug-likeness (QED) is 0.560. The molecule has 0 aliphatic carbocycles. The highest BCUT2D eigenvalue weighted by Gasteiger charge is 2.14. The van der Waals surface area contributed by atoms with Gasteiger partial charge in [0.2, 0.25) is 5.43 Å². The van der Waals surface area contributed by atoms with Gasteiger partial charge >= 0.3 is 0 Å². The number of hydrogen-bond acceptors (Lipinski definition) is 4. The highest BCUT2D eigenvalue weighted by atomic mass is 32.1. The Bertz CT molecular complexity index is 352. The van der Waals surface area contributed by atoms with Gasteiger partial charge in [0, 0.05) is 13.6 Å². The van der Waals surface area contributed by atoms with Gasteiger partial charge in [-0.2, -0.15) is 0 Å². The minimum atomic E-state index is -0.0449.